The van der Waals surface area contributed by atoms with Gasteiger partial charge in [-0.05, 0) is 37.3 Å². The number of aromatic nitrogens is 2. The third-order valence-electron chi connectivity index (χ3n) is 4.17. The Hall–Kier alpha value is -1.75. The van der Waals surface area contributed by atoms with Crippen LogP contribution in [0.4, 0.5) is 0 Å². The lowest BCUT2D eigenvalue weighted by Gasteiger charge is -2.30. The average molecular weight is 315 g/mol. The molecule has 4 nitrogen and oxygen atoms in total. The molecule has 2 aromatic rings. The van der Waals surface area contributed by atoms with Gasteiger partial charge < -0.3 is 4.90 Å². The average Bonchev–Trinajstić information content (AvgIpc) is 3.03. The summed E-state index contributed by atoms with van der Waals surface area (Å²) in [6.45, 7) is 4.09. The molecule has 1 aliphatic heterocycles. The predicted molar refractivity (Wildman–Crippen MR) is 88.6 cm³/mol. The number of thiazole rings is 1. The fraction of sp³-hybridized carbons (Fsp3) is 0.471. The fourth-order valence-electron chi connectivity index (χ4n) is 2.68. The summed E-state index contributed by atoms with van der Waals surface area (Å²) >= 11 is 1.59. The molecule has 0 spiro atoms. The van der Waals surface area contributed by atoms with Crippen molar-refractivity contribution in [3.05, 3.63) is 35.5 Å². The highest BCUT2D eigenvalue weighted by Crippen LogP contribution is 2.22. The maximum absolute atomic E-state index is 12.2. The second-order valence-electron chi connectivity index (χ2n) is 5.92. The molecule has 22 heavy (non-hydrogen) atoms. The Morgan fingerprint density at radius 3 is 2.91 bits per heavy atom. The molecule has 1 amide bonds. The third-order valence-corrected chi connectivity index (χ3v) is 5.08. The fourth-order valence-corrected chi connectivity index (χ4v) is 3.51. The van der Waals surface area contributed by atoms with E-state index in [9.17, 15) is 4.79 Å². The zero-order valence-electron chi connectivity index (χ0n) is 12.9. The van der Waals surface area contributed by atoms with Crippen molar-refractivity contribution in [3.8, 4) is 10.7 Å². The number of hydrogen-bond acceptors (Lipinski definition) is 4. The first-order chi connectivity index (χ1) is 10.7. The molecule has 3 heterocycles. The van der Waals surface area contributed by atoms with Gasteiger partial charge >= 0.3 is 0 Å². The van der Waals surface area contributed by atoms with Gasteiger partial charge in [0.1, 0.15) is 5.01 Å². The summed E-state index contributed by atoms with van der Waals surface area (Å²) in [5, 5.41) is 2.96. The van der Waals surface area contributed by atoms with Crippen LogP contribution >= 0.6 is 11.3 Å². The van der Waals surface area contributed by atoms with Gasteiger partial charge in [-0.1, -0.05) is 13.0 Å². The van der Waals surface area contributed by atoms with Crippen molar-refractivity contribution in [1.82, 2.24) is 14.9 Å². The molecule has 1 fully saturated rings. The van der Waals surface area contributed by atoms with Crippen LogP contribution in [-0.4, -0.2) is 33.9 Å². The van der Waals surface area contributed by atoms with E-state index in [4.69, 9.17) is 0 Å². The number of piperidine rings is 1. The van der Waals surface area contributed by atoms with Gasteiger partial charge in [0.2, 0.25) is 5.91 Å². The van der Waals surface area contributed by atoms with Gasteiger partial charge in [0.05, 0.1) is 11.4 Å². The van der Waals surface area contributed by atoms with Crippen LogP contribution in [0, 0.1) is 5.92 Å². The van der Waals surface area contributed by atoms with E-state index in [0.29, 0.717) is 12.8 Å². The zero-order chi connectivity index (χ0) is 15.4. The van der Waals surface area contributed by atoms with Crippen molar-refractivity contribution in [1.29, 1.82) is 0 Å². The molecule has 0 radical (unpaired) electrons. The minimum atomic E-state index is 0.263. The molecule has 0 atom stereocenters. The van der Waals surface area contributed by atoms with Gasteiger partial charge in [0.25, 0.3) is 0 Å². The first kappa shape index (κ1) is 15.2. The minimum absolute atomic E-state index is 0.263. The van der Waals surface area contributed by atoms with E-state index in [-0.39, 0.29) is 5.91 Å². The van der Waals surface area contributed by atoms with Gasteiger partial charge in [-0.15, -0.1) is 11.3 Å². The highest BCUT2D eigenvalue weighted by Gasteiger charge is 2.20. The number of carbonyl (C=O) groups is 1. The second-order valence-corrected chi connectivity index (χ2v) is 6.78. The van der Waals surface area contributed by atoms with Crippen LogP contribution < -0.4 is 0 Å². The molecule has 116 valence electrons. The summed E-state index contributed by atoms with van der Waals surface area (Å²) in [7, 11) is 0. The lowest BCUT2D eigenvalue weighted by Crippen LogP contribution is -2.38. The van der Waals surface area contributed by atoms with Crippen molar-refractivity contribution < 1.29 is 4.79 Å². The number of rotatable bonds is 4. The molecule has 5 heteroatoms. The van der Waals surface area contributed by atoms with E-state index in [2.05, 4.69) is 16.9 Å². The van der Waals surface area contributed by atoms with E-state index in [1.807, 2.05) is 28.5 Å². The molecule has 0 aromatic carbocycles. The van der Waals surface area contributed by atoms with E-state index in [1.54, 1.807) is 17.5 Å². The Balaban J connectivity index is 1.54. The first-order valence-corrected chi connectivity index (χ1v) is 8.74. The van der Waals surface area contributed by atoms with Crippen molar-refractivity contribution in [2.24, 2.45) is 5.92 Å². The largest absolute Gasteiger partial charge is 0.343 e. The van der Waals surface area contributed by atoms with E-state index >= 15 is 0 Å². The molecule has 0 aliphatic carbocycles. The van der Waals surface area contributed by atoms with Crippen LogP contribution in [0.5, 0.6) is 0 Å². The maximum Gasteiger partial charge on any atom is 0.222 e. The number of pyridine rings is 1. The smallest absolute Gasteiger partial charge is 0.222 e. The summed E-state index contributed by atoms with van der Waals surface area (Å²) in [5.41, 5.74) is 1.89. The molecule has 1 aliphatic rings. The molecular formula is C17H21N3OS. The molecular weight excluding hydrogens is 294 g/mol. The van der Waals surface area contributed by atoms with Crippen molar-refractivity contribution in [3.63, 3.8) is 0 Å². The summed E-state index contributed by atoms with van der Waals surface area (Å²) in [4.78, 5) is 23.2. The number of hydrogen-bond donors (Lipinski definition) is 0. The van der Waals surface area contributed by atoms with Crippen molar-refractivity contribution in [2.45, 2.75) is 32.6 Å². The van der Waals surface area contributed by atoms with Crippen LogP contribution in [0.2, 0.25) is 0 Å². The second kappa shape index (κ2) is 7.01. The minimum Gasteiger partial charge on any atom is -0.343 e. The van der Waals surface area contributed by atoms with Crippen LogP contribution in [0.25, 0.3) is 10.7 Å². The highest BCUT2D eigenvalue weighted by atomic mass is 32.1. The zero-order valence-corrected chi connectivity index (χ0v) is 13.7. The summed E-state index contributed by atoms with van der Waals surface area (Å²) in [6.07, 6.45) is 5.31. The molecule has 2 aromatic heterocycles. The number of carbonyl (C=O) groups excluding carboxylic acids is 1. The quantitative estimate of drug-likeness (QED) is 0.869. The predicted octanol–water partition coefficient (Wildman–Crippen LogP) is 3.40. The Bertz CT molecular complexity index is 618. The normalized spacial score (nSPS) is 16.0. The standard InChI is InChI=1S/C17H21N3OS/c1-13-7-10-20(11-8-13)16(21)6-5-14-12-22-17(19-14)15-4-2-3-9-18-15/h2-4,9,12-13H,5-8,10-11H2,1H3. The van der Waals surface area contributed by atoms with Gasteiger partial charge in [-0.25, -0.2) is 4.98 Å². The van der Waals surface area contributed by atoms with E-state index in [1.165, 1.54) is 0 Å². The van der Waals surface area contributed by atoms with Crippen LogP contribution in [-0.2, 0) is 11.2 Å². The van der Waals surface area contributed by atoms with Crippen LogP contribution in [0.1, 0.15) is 31.9 Å². The molecule has 0 unspecified atom stereocenters. The summed E-state index contributed by atoms with van der Waals surface area (Å²) < 4.78 is 0. The molecule has 0 saturated carbocycles. The van der Waals surface area contributed by atoms with Crippen LogP contribution in [0.15, 0.2) is 29.8 Å². The molecule has 3 rings (SSSR count). The van der Waals surface area contributed by atoms with Gasteiger partial charge in [-0.3, -0.25) is 9.78 Å². The Kier molecular flexibility index (Phi) is 4.83. The van der Waals surface area contributed by atoms with Crippen LogP contribution in [0.3, 0.4) is 0 Å². The Morgan fingerprint density at radius 2 is 2.18 bits per heavy atom. The number of nitrogens with zero attached hydrogens (tertiary/aromatic N) is 3. The maximum atomic E-state index is 12.2. The summed E-state index contributed by atoms with van der Waals surface area (Å²) in [6, 6.07) is 5.82. The number of aryl methyl sites for hydroxylation is 1. The summed E-state index contributed by atoms with van der Waals surface area (Å²) in [5.74, 6) is 1.02. The van der Waals surface area contributed by atoms with Crippen molar-refractivity contribution >= 4 is 17.2 Å². The SMILES string of the molecule is CC1CCN(C(=O)CCc2csc(-c3ccccn3)n2)CC1. The van der Waals surface area contributed by atoms with Gasteiger partial charge in [-0.2, -0.15) is 0 Å². The van der Waals surface area contributed by atoms with E-state index in [0.717, 1.165) is 48.2 Å². The van der Waals surface area contributed by atoms with Gasteiger partial charge in [0, 0.05) is 31.1 Å². The topological polar surface area (TPSA) is 46.1 Å². The van der Waals surface area contributed by atoms with Gasteiger partial charge in [0.15, 0.2) is 0 Å². The Morgan fingerprint density at radius 1 is 1.36 bits per heavy atom. The molecule has 1 saturated heterocycles. The van der Waals surface area contributed by atoms with Crippen molar-refractivity contribution in [2.75, 3.05) is 13.1 Å². The lowest BCUT2D eigenvalue weighted by molar-refractivity contribution is -0.132. The number of likely N-dealkylation sites (tertiary alicyclic amines) is 1. The first-order valence-electron chi connectivity index (χ1n) is 7.86. The van der Waals surface area contributed by atoms with E-state index < -0.39 is 0 Å². The molecule has 0 N–H and O–H groups in total. The number of amides is 1. The monoisotopic (exact) mass is 315 g/mol. The Labute approximate surface area is 135 Å². The highest BCUT2D eigenvalue weighted by molar-refractivity contribution is 7.13. The lowest BCUT2D eigenvalue weighted by atomic mass is 9.99. The third kappa shape index (κ3) is 3.71. The molecule has 0 bridgehead atoms.